The number of ether oxygens (including phenoxy) is 1. The van der Waals surface area contributed by atoms with E-state index in [1.54, 1.807) is 0 Å². The molecule has 0 N–H and O–H groups in total. The van der Waals surface area contributed by atoms with Crippen LogP contribution < -0.4 is 4.74 Å². The average Bonchev–Trinajstić information content (AvgIpc) is 2.46. The lowest BCUT2D eigenvalue weighted by Gasteiger charge is -2.24. The van der Waals surface area contributed by atoms with Crippen LogP contribution in [0.25, 0.3) is 0 Å². The Hall–Kier alpha value is -1.51. The van der Waals surface area contributed by atoms with Gasteiger partial charge in [0.2, 0.25) is 0 Å². The summed E-state index contributed by atoms with van der Waals surface area (Å²) in [4.78, 5) is 2.24. The Kier molecular flexibility index (Phi) is 7.27. The first-order valence-corrected chi connectivity index (χ1v) is 7.07. The van der Waals surface area contributed by atoms with E-state index < -0.39 is 0 Å². The lowest BCUT2D eigenvalue weighted by atomic mass is 10.0. The first-order valence-electron chi connectivity index (χ1n) is 7.07. The van der Waals surface area contributed by atoms with E-state index in [1.165, 1.54) is 11.1 Å². The summed E-state index contributed by atoms with van der Waals surface area (Å²) in [5.41, 5.74) is 2.60. The van der Waals surface area contributed by atoms with E-state index in [0.29, 0.717) is 6.04 Å². The zero-order valence-electron chi connectivity index (χ0n) is 13.0. The molecule has 0 saturated heterocycles. The number of halogens is 1. The number of hydrogen-bond donors (Lipinski definition) is 0. The van der Waals surface area contributed by atoms with Gasteiger partial charge in [0, 0.05) is 12.5 Å². The van der Waals surface area contributed by atoms with Crippen LogP contribution in [0.1, 0.15) is 23.6 Å². The van der Waals surface area contributed by atoms with Crippen LogP contribution in [-0.2, 0) is 0 Å². The summed E-state index contributed by atoms with van der Waals surface area (Å²) in [6.45, 7) is 2.81. The van der Waals surface area contributed by atoms with Crippen LogP contribution in [0.5, 0.6) is 5.75 Å². The van der Waals surface area contributed by atoms with Gasteiger partial charge in [-0.2, -0.15) is 0 Å². The molecule has 1 atom stereocenters. The van der Waals surface area contributed by atoms with Gasteiger partial charge in [-0.15, -0.1) is 12.4 Å². The Morgan fingerprint density at radius 1 is 0.952 bits per heavy atom. The summed E-state index contributed by atoms with van der Waals surface area (Å²) in [7, 11) is 4.23. The number of aryl methyl sites for hydroxylation is 1. The predicted molar refractivity (Wildman–Crippen MR) is 91.4 cm³/mol. The first kappa shape index (κ1) is 17.5. The quantitative estimate of drug-likeness (QED) is 0.779. The maximum atomic E-state index is 5.84. The van der Waals surface area contributed by atoms with E-state index in [4.69, 9.17) is 4.74 Å². The standard InChI is InChI=1S/C18H23NO.ClH/c1-15-9-11-17(12-10-15)20-14-13-18(19(2)3)16-7-5-4-6-8-16;/h4-12,18H,13-14H2,1-3H3;1H. The van der Waals surface area contributed by atoms with Crippen LogP contribution in [0.2, 0.25) is 0 Å². The normalized spacial score (nSPS) is 11.8. The molecule has 2 aromatic carbocycles. The molecule has 0 aromatic heterocycles. The molecular weight excluding hydrogens is 282 g/mol. The highest BCUT2D eigenvalue weighted by molar-refractivity contribution is 5.85. The van der Waals surface area contributed by atoms with Crippen LogP contribution in [0.4, 0.5) is 0 Å². The highest BCUT2D eigenvalue weighted by atomic mass is 35.5. The fourth-order valence-electron chi connectivity index (χ4n) is 2.32. The van der Waals surface area contributed by atoms with Gasteiger partial charge in [0.25, 0.3) is 0 Å². The second-order valence-electron chi connectivity index (χ2n) is 5.34. The summed E-state index contributed by atoms with van der Waals surface area (Å²) >= 11 is 0. The molecule has 2 rings (SSSR count). The van der Waals surface area contributed by atoms with Gasteiger partial charge in [-0.05, 0) is 38.7 Å². The predicted octanol–water partition coefficient (Wildman–Crippen LogP) is 4.49. The highest BCUT2D eigenvalue weighted by Crippen LogP contribution is 2.22. The Labute approximate surface area is 134 Å². The topological polar surface area (TPSA) is 12.5 Å². The lowest BCUT2D eigenvalue weighted by molar-refractivity contribution is 0.223. The minimum Gasteiger partial charge on any atom is -0.494 e. The summed E-state index contributed by atoms with van der Waals surface area (Å²) < 4.78 is 5.84. The van der Waals surface area contributed by atoms with Crippen molar-refractivity contribution in [3.8, 4) is 5.75 Å². The minimum absolute atomic E-state index is 0. The van der Waals surface area contributed by atoms with Crippen molar-refractivity contribution >= 4 is 12.4 Å². The lowest BCUT2D eigenvalue weighted by Crippen LogP contribution is -2.22. The van der Waals surface area contributed by atoms with E-state index in [-0.39, 0.29) is 12.4 Å². The summed E-state index contributed by atoms with van der Waals surface area (Å²) in [5.74, 6) is 0.946. The van der Waals surface area contributed by atoms with Crippen LogP contribution >= 0.6 is 12.4 Å². The van der Waals surface area contributed by atoms with Crippen molar-refractivity contribution in [2.45, 2.75) is 19.4 Å². The fraction of sp³-hybridized carbons (Fsp3) is 0.333. The van der Waals surface area contributed by atoms with Gasteiger partial charge in [-0.1, -0.05) is 48.0 Å². The third-order valence-corrected chi connectivity index (χ3v) is 3.49. The van der Waals surface area contributed by atoms with Gasteiger partial charge in [-0.3, -0.25) is 0 Å². The van der Waals surface area contributed by atoms with E-state index in [9.17, 15) is 0 Å². The SMILES string of the molecule is Cc1ccc(OCCC(c2ccccc2)N(C)C)cc1.Cl. The molecule has 0 fully saturated rings. The van der Waals surface area contributed by atoms with Crippen molar-refractivity contribution in [3.63, 3.8) is 0 Å². The third kappa shape index (κ3) is 5.41. The largest absolute Gasteiger partial charge is 0.494 e. The summed E-state index contributed by atoms with van der Waals surface area (Å²) in [6.07, 6.45) is 0.977. The first-order chi connectivity index (χ1) is 9.66. The van der Waals surface area contributed by atoms with E-state index >= 15 is 0 Å². The Morgan fingerprint density at radius 3 is 2.14 bits per heavy atom. The van der Waals surface area contributed by atoms with Crippen LogP contribution in [0.3, 0.4) is 0 Å². The molecule has 0 aliphatic carbocycles. The molecule has 3 heteroatoms. The number of rotatable bonds is 6. The van der Waals surface area contributed by atoms with Gasteiger partial charge in [-0.25, -0.2) is 0 Å². The molecule has 0 heterocycles. The maximum absolute atomic E-state index is 5.84. The molecule has 1 unspecified atom stereocenters. The second kappa shape index (κ2) is 8.71. The molecular formula is C18H24ClNO. The van der Waals surface area contributed by atoms with E-state index in [1.807, 2.05) is 12.1 Å². The van der Waals surface area contributed by atoms with Crippen molar-refractivity contribution in [2.24, 2.45) is 0 Å². The van der Waals surface area contributed by atoms with Gasteiger partial charge < -0.3 is 9.64 Å². The molecule has 0 aliphatic heterocycles. The summed E-state index contributed by atoms with van der Waals surface area (Å²) in [5, 5.41) is 0. The van der Waals surface area contributed by atoms with Crippen molar-refractivity contribution in [1.29, 1.82) is 0 Å². The number of nitrogens with zero attached hydrogens (tertiary/aromatic N) is 1. The highest BCUT2D eigenvalue weighted by Gasteiger charge is 2.13. The molecule has 0 amide bonds. The molecule has 0 bridgehead atoms. The molecule has 0 radical (unpaired) electrons. The zero-order chi connectivity index (χ0) is 14.4. The van der Waals surface area contributed by atoms with Gasteiger partial charge in [0.15, 0.2) is 0 Å². The van der Waals surface area contributed by atoms with Crippen molar-refractivity contribution in [1.82, 2.24) is 4.90 Å². The Bertz CT molecular complexity index is 511. The Morgan fingerprint density at radius 2 is 1.57 bits per heavy atom. The molecule has 0 aliphatic rings. The van der Waals surface area contributed by atoms with E-state index in [2.05, 4.69) is 68.4 Å². The fourth-order valence-corrected chi connectivity index (χ4v) is 2.32. The zero-order valence-corrected chi connectivity index (χ0v) is 13.8. The van der Waals surface area contributed by atoms with Crippen molar-refractivity contribution < 1.29 is 4.74 Å². The molecule has 114 valence electrons. The van der Waals surface area contributed by atoms with E-state index in [0.717, 1.165) is 18.8 Å². The van der Waals surface area contributed by atoms with Crippen LogP contribution in [0.15, 0.2) is 54.6 Å². The Balaban J connectivity index is 0.00000220. The van der Waals surface area contributed by atoms with Gasteiger partial charge in [0.05, 0.1) is 6.61 Å². The molecule has 2 aromatic rings. The second-order valence-corrected chi connectivity index (χ2v) is 5.34. The van der Waals surface area contributed by atoms with Crippen molar-refractivity contribution in [2.75, 3.05) is 20.7 Å². The van der Waals surface area contributed by atoms with Gasteiger partial charge >= 0.3 is 0 Å². The number of hydrogen-bond acceptors (Lipinski definition) is 2. The molecule has 2 nitrogen and oxygen atoms in total. The van der Waals surface area contributed by atoms with Crippen LogP contribution in [-0.4, -0.2) is 25.6 Å². The number of benzene rings is 2. The minimum atomic E-state index is 0. The smallest absolute Gasteiger partial charge is 0.119 e. The average molecular weight is 306 g/mol. The summed E-state index contributed by atoms with van der Waals surface area (Å²) in [6, 6.07) is 19.2. The molecule has 0 spiro atoms. The molecule has 21 heavy (non-hydrogen) atoms. The molecule has 0 saturated carbocycles. The third-order valence-electron chi connectivity index (χ3n) is 3.49. The van der Waals surface area contributed by atoms with Crippen molar-refractivity contribution in [3.05, 3.63) is 65.7 Å². The monoisotopic (exact) mass is 305 g/mol. The van der Waals surface area contributed by atoms with Crippen LogP contribution in [0, 0.1) is 6.92 Å². The van der Waals surface area contributed by atoms with Gasteiger partial charge in [0.1, 0.15) is 5.75 Å². The maximum Gasteiger partial charge on any atom is 0.119 e.